The lowest BCUT2D eigenvalue weighted by Crippen LogP contribution is -2.14. The zero-order valence-electron chi connectivity index (χ0n) is 8.58. The lowest BCUT2D eigenvalue weighted by molar-refractivity contribution is 0.502. The second-order valence-electron chi connectivity index (χ2n) is 3.89. The Balaban J connectivity index is 2.66. The van der Waals surface area contributed by atoms with Gasteiger partial charge in [-0.2, -0.15) is 0 Å². The smallest absolute Gasteiger partial charge is 0.0971 e. The van der Waals surface area contributed by atoms with Crippen LogP contribution in [-0.4, -0.2) is 11.5 Å². The number of nitrogens with zero attached hydrogens (tertiary/aromatic N) is 1. The van der Waals surface area contributed by atoms with Crippen LogP contribution < -0.4 is 5.73 Å². The summed E-state index contributed by atoms with van der Waals surface area (Å²) in [5.74, 6) is 1.15. The van der Waals surface area contributed by atoms with E-state index in [4.69, 9.17) is 5.73 Å². The van der Waals surface area contributed by atoms with Gasteiger partial charge in [-0.3, -0.25) is 0 Å². The van der Waals surface area contributed by atoms with Gasteiger partial charge in [-0.05, 0) is 19.3 Å². The van der Waals surface area contributed by atoms with Gasteiger partial charge in [-0.1, -0.05) is 13.8 Å². The third-order valence-corrected chi connectivity index (χ3v) is 3.15. The molecular weight excluding hydrogens is 180 g/mol. The molecule has 0 saturated heterocycles. The molecule has 0 aliphatic rings. The fourth-order valence-corrected chi connectivity index (χ4v) is 2.35. The predicted octanol–water partition coefficient (Wildman–Crippen LogP) is 2.54. The largest absolute Gasteiger partial charge is 0.330 e. The first-order valence-electron chi connectivity index (χ1n) is 4.75. The maximum atomic E-state index is 5.73. The van der Waals surface area contributed by atoms with Crippen molar-refractivity contribution in [1.29, 1.82) is 0 Å². The van der Waals surface area contributed by atoms with Crippen LogP contribution in [0.2, 0.25) is 0 Å². The Morgan fingerprint density at radius 3 is 2.62 bits per heavy atom. The van der Waals surface area contributed by atoms with Crippen molar-refractivity contribution in [1.82, 2.24) is 4.98 Å². The average Bonchev–Trinajstić information content (AvgIpc) is 2.47. The van der Waals surface area contributed by atoms with Crippen LogP contribution in [0.3, 0.4) is 0 Å². The standard InChI is InChI=1S/C10H18N2S/c1-7(2)4-9(5-11)10-12-8(3)6-13-10/h6-7,9H,4-5,11H2,1-3H3. The summed E-state index contributed by atoms with van der Waals surface area (Å²) >= 11 is 1.73. The third-order valence-electron chi connectivity index (χ3n) is 2.03. The normalized spacial score (nSPS) is 13.6. The Morgan fingerprint density at radius 2 is 2.23 bits per heavy atom. The van der Waals surface area contributed by atoms with Crippen molar-refractivity contribution >= 4 is 11.3 Å². The zero-order chi connectivity index (χ0) is 9.84. The Morgan fingerprint density at radius 1 is 1.54 bits per heavy atom. The molecule has 0 radical (unpaired) electrons. The van der Waals surface area contributed by atoms with Crippen molar-refractivity contribution in [3.63, 3.8) is 0 Å². The number of nitrogens with two attached hydrogens (primary N) is 1. The summed E-state index contributed by atoms with van der Waals surface area (Å²) in [6.07, 6.45) is 1.14. The molecule has 74 valence electrons. The number of hydrogen-bond acceptors (Lipinski definition) is 3. The van der Waals surface area contributed by atoms with E-state index in [2.05, 4.69) is 24.2 Å². The lowest BCUT2D eigenvalue weighted by atomic mass is 9.98. The number of thiazole rings is 1. The van der Waals surface area contributed by atoms with Gasteiger partial charge in [-0.15, -0.1) is 11.3 Å². The number of hydrogen-bond donors (Lipinski definition) is 1. The van der Waals surface area contributed by atoms with Gasteiger partial charge in [0.05, 0.1) is 5.01 Å². The minimum absolute atomic E-state index is 0.457. The highest BCUT2D eigenvalue weighted by Crippen LogP contribution is 2.25. The molecule has 1 aromatic rings. The van der Waals surface area contributed by atoms with E-state index < -0.39 is 0 Å². The van der Waals surface area contributed by atoms with Crippen LogP contribution in [0.15, 0.2) is 5.38 Å². The average molecular weight is 198 g/mol. The number of aromatic nitrogens is 1. The summed E-state index contributed by atoms with van der Waals surface area (Å²) in [4.78, 5) is 4.47. The molecule has 1 atom stereocenters. The van der Waals surface area contributed by atoms with Crippen molar-refractivity contribution < 1.29 is 0 Å². The van der Waals surface area contributed by atoms with Crippen molar-refractivity contribution in [2.45, 2.75) is 33.1 Å². The van der Waals surface area contributed by atoms with Gasteiger partial charge >= 0.3 is 0 Å². The molecule has 0 bridgehead atoms. The van der Waals surface area contributed by atoms with Crippen molar-refractivity contribution in [3.05, 3.63) is 16.1 Å². The summed E-state index contributed by atoms with van der Waals surface area (Å²) < 4.78 is 0. The molecule has 3 heteroatoms. The van der Waals surface area contributed by atoms with Crippen LogP contribution in [0, 0.1) is 12.8 Å². The molecule has 13 heavy (non-hydrogen) atoms. The Hall–Kier alpha value is -0.410. The summed E-state index contributed by atoms with van der Waals surface area (Å²) in [5.41, 5.74) is 6.84. The van der Waals surface area contributed by atoms with Crippen LogP contribution in [-0.2, 0) is 0 Å². The molecule has 0 aromatic carbocycles. The maximum absolute atomic E-state index is 5.73. The second-order valence-corrected chi connectivity index (χ2v) is 4.78. The summed E-state index contributed by atoms with van der Waals surface area (Å²) in [6, 6.07) is 0. The lowest BCUT2D eigenvalue weighted by Gasteiger charge is -2.13. The zero-order valence-corrected chi connectivity index (χ0v) is 9.40. The molecule has 1 unspecified atom stereocenters. The first-order valence-corrected chi connectivity index (χ1v) is 5.63. The van der Waals surface area contributed by atoms with Crippen molar-refractivity contribution in [2.24, 2.45) is 11.7 Å². The topological polar surface area (TPSA) is 38.9 Å². The monoisotopic (exact) mass is 198 g/mol. The molecule has 1 heterocycles. The molecule has 0 spiro atoms. The van der Waals surface area contributed by atoms with Crippen LogP contribution in [0.4, 0.5) is 0 Å². The quantitative estimate of drug-likeness (QED) is 0.807. The van der Waals surface area contributed by atoms with Gasteiger partial charge in [0.1, 0.15) is 0 Å². The molecular formula is C10H18N2S. The van der Waals surface area contributed by atoms with E-state index in [0.717, 1.165) is 12.1 Å². The highest BCUT2D eigenvalue weighted by molar-refractivity contribution is 7.09. The minimum Gasteiger partial charge on any atom is -0.330 e. The van der Waals surface area contributed by atoms with E-state index in [1.54, 1.807) is 11.3 Å². The van der Waals surface area contributed by atoms with E-state index >= 15 is 0 Å². The molecule has 1 rings (SSSR count). The molecule has 0 amide bonds. The summed E-state index contributed by atoms with van der Waals surface area (Å²) in [6.45, 7) is 7.19. The first kappa shape index (κ1) is 10.7. The minimum atomic E-state index is 0.457. The third kappa shape index (κ3) is 3.08. The fraction of sp³-hybridized carbons (Fsp3) is 0.700. The van der Waals surface area contributed by atoms with Gasteiger partial charge in [0, 0.05) is 23.5 Å². The highest BCUT2D eigenvalue weighted by Gasteiger charge is 2.14. The molecule has 0 aliphatic heterocycles. The Labute approximate surface area is 84.2 Å². The van der Waals surface area contributed by atoms with Crippen LogP contribution >= 0.6 is 11.3 Å². The van der Waals surface area contributed by atoms with E-state index in [9.17, 15) is 0 Å². The van der Waals surface area contributed by atoms with Crippen molar-refractivity contribution in [2.75, 3.05) is 6.54 Å². The van der Waals surface area contributed by atoms with Gasteiger partial charge < -0.3 is 5.73 Å². The molecule has 2 nitrogen and oxygen atoms in total. The maximum Gasteiger partial charge on any atom is 0.0971 e. The second kappa shape index (κ2) is 4.72. The summed E-state index contributed by atoms with van der Waals surface area (Å²) in [7, 11) is 0. The SMILES string of the molecule is Cc1csc(C(CN)CC(C)C)n1. The predicted molar refractivity (Wildman–Crippen MR) is 58.1 cm³/mol. The van der Waals surface area contributed by atoms with Crippen molar-refractivity contribution in [3.8, 4) is 0 Å². The Bertz CT molecular complexity index is 255. The van der Waals surface area contributed by atoms with Gasteiger partial charge in [0.25, 0.3) is 0 Å². The molecule has 0 aliphatic carbocycles. The van der Waals surface area contributed by atoms with Gasteiger partial charge in [-0.25, -0.2) is 4.98 Å². The van der Waals surface area contributed by atoms with Gasteiger partial charge in [0.15, 0.2) is 0 Å². The Kier molecular flexibility index (Phi) is 3.88. The van der Waals surface area contributed by atoms with E-state index in [0.29, 0.717) is 18.4 Å². The molecule has 2 N–H and O–H groups in total. The number of aryl methyl sites for hydroxylation is 1. The van der Waals surface area contributed by atoms with E-state index in [1.165, 1.54) is 5.01 Å². The van der Waals surface area contributed by atoms with Crippen LogP contribution in [0.5, 0.6) is 0 Å². The fourth-order valence-electron chi connectivity index (χ4n) is 1.43. The van der Waals surface area contributed by atoms with E-state index in [-0.39, 0.29) is 0 Å². The summed E-state index contributed by atoms with van der Waals surface area (Å²) in [5, 5.41) is 3.30. The molecule has 0 fully saturated rings. The first-order chi connectivity index (χ1) is 6.13. The highest BCUT2D eigenvalue weighted by atomic mass is 32.1. The molecule has 1 aromatic heterocycles. The van der Waals surface area contributed by atoms with Gasteiger partial charge in [0.2, 0.25) is 0 Å². The molecule has 0 saturated carbocycles. The number of rotatable bonds is 4. The van der Waals surface area contributed by atoms with Crippen LogP contribution in [0.25, 0.3) is 0 Å². The van der Waals surface area contributed by atoms with E-state index in [1.807, 2.05) is 6.92 Å². The van der Waals surface area contributed by atoms with Crippen LogP contribution in [0.1, 0.15) is 36.9 Å².